The van der Waals surface area contributed by atoms with Gasteiger partial charge in [0, 0.05) is 12.1 Å². The molecule has 1 atom stereocenters. The second-order valence-corrected chi connectivity index (χ2v) is 8.28. The van der Waals surface area contributed by atoms with Crippen molar-refractivity contribution in [3.8, 4) is 0 Å². The highest BCUT2D eigenvalue weighted by Gasteiger charge is 2.95. The molecule has 1 aliphatic heterocycles. The lowest BCUT2D eigenvalue weighted by atomic mass is 9.87. The van der Waals surface area contributed by atoms with Crippen molar-refractivity contribution in [1.29, 1.82) is 5.41 Å². The van der Waals surface area contributed by atoms with Crippen molar-refractivity contribution in [2.75, 3.05) is 0 Å². The third-order valence-corrected chi connectivity index (χ3v) is 6.33. The molecule has 2 aliphatic carbocycles. The molecule has 0 aromatic heterocycles. The van der Waals surface area contributed by atoms with E-state index in [9.17, 15) is 39.5 Å². The highest BCUT2D eigenvalue weighted by Crippen LogP contribution is 2.65. The Balaban J connectivity index is 2.00. The molecular formula is C18H23F9N2O. The van der Waals surface area contributed by atoms with Crippen molar-refractivity contribution < 1.29 is 44.3 Å². The number of nitrogens with zero attached hydrogens (tertiary/aromatic N) is 1. The molecule has 3 nitrogen and oxygen atoms in total. The molecule has 1 saturated heterocycles. The van der Waals surface area contributed by atoms with Gasteiger partial charge >= 0.3 is 29.7 Å². The first-order valence-corrected chi connectivity index (χ1v) is 9.98. The minimum atomic E-state index is -6.57. The largest absolute Gasteiger partial charge is 0.428 e. The molecule has 0 spiro atoms. The summed E-state index contributed by atoms with van der Waals surface area (Å²) in [6.07, 6.45) is -0.962. The van der Waals surface area contributed by atoms with Crippen molar-refractivity contribution in [1.82, 2.24) is 4.90 Å². The number of ether oxygens (including phenoxy) is 1. The van der Waals surface area contributed by atoms with E-state index in [-0.39, 0.29) is 0 Å². The van der Waals surface area contributed by atoms with E-state index in [0.717, 1.165) is 17.7 Å². The van der Waals surface area contributed by atoms with Crippen LogP contribution in [0, 0.1) is 5.41 Å². The average molecular weight is 454 g/mol. The molecule has 0 bridgehead atoms. The Hall–Kier alpha value is -1.20. The molecule has 0 aromatic rings. The van der Waals surface area contributed by atoms with Crippen molar-refractivity contribution >= 4 is 5.84 Å². The van der Waals surface area contributed by atoms with Crippen LogP contribution in [0.2, 0.25) is 0 Å². The topological polar surface area (TPSA) is 36.3 Å². The Morgan fingerprint density at radius 2 is 1.13 bits per heavy atom. The standard InChI is InChI=1S/C18H23F9N2O/c19-14(20,17(25)15(21,22)16(23,24)18(26,27)30-17)13(28)29(11-7-3-1-4-8-11)12-9-5-2-6-10-12/h11-12,28H,1-10H2. The fraction of sp³-hybridized carbons (Fsp3) is 0.944. The zero-order valence-corrected chi connectivity index (χ0v) is 16.0. The monoisotopic (exact) mass is 454 g/mol. The van der Waals surface area contributed by atoms with Gasteiger partial charge in [-0.05, 0) is 25.7 Å². The quantitative estimate of drug-likeness (QED) is 0.315. The number of nitrogens with one attached hydrogen (secondary N) is 1. The van der Waals surface area contributed by atoms with Crippen LogP contribution in [0.3, 0.4) is 0 Å². The van der Waals surface area contributed by atoms with E-state index in [2.05, 4.69) is 4.74 Å². The van der Waals surface area contributed by atoms with Gasteiger partial charge in [-0.3, -0.25) is 10.1 Å². The van der Waals surface area contributed by atoms with E-state index in [4.69, 9.17) is 5.41 Å². The van der Waals surface area contributed by atoms with Crippen LogP contribution in [0.25, 0.3) is 0 Å². The van der Waals surface area contributed by atoms with Gasteiger partial charge in [0.05, 0.1) is 0 Å². The molecule has 0 amide bonds. The van der Waals surface area contributed by atoms with Crippen molar-refractivity contribution in [2.45, 2.75) is 106 Å². The average Bonchev–Trinajstić information content (AvgIpc) is 2.78. The van der Waals surface area contributed by atoms with Gasteiger partial charge in [0.15, 0.2) is 5.84 Å². The van der Waals surface area contributed by atoms with Crippen molar-refractivity contribution in [3.63, 3.8) is 0 Å². The van der Waals surface area contributed by atoms with E-state index in [1.54, 1.807) is 0 Å². The first-order valence-electron chi connectivity index (χ1n) is 9.98. The lowest BCUT2D eigenvalue weighted by molar-refractivity contribution is -0.363. The van der Waals surface area contributed by atoms with E-state index in [1.165, 1.54) is 0 Å². The van der Waals surface area contributed by atoms with Gasteiger partial charge in [-0.2, -0.15) is 39.5 Å². The lowest BCUT2D eigenvalue weighted by Crippen LogP contribution is -2.67. The van der Waals surface area contributed by atoms with Gasteiger partial charge in [-0.25, -0.2) is 0 Å². The normalized spacial score (nSPS) is 32.2. The van der Waals surface area contributed by atoms with Gasteiger partial charge in [0.2, 0.25) is 0 Å². The number of rotatable bonds is 4. The van der Waals surface area contributed by atoms with Crippen LogP contribution in [-0.4, -0.2) is 52.6 Å². The summed E-state index contributed by atoms with van der Waals surface area (Å²) in [7, 11) is 0. The molecule has 0 radical (unpaired) electrons. The molecule has 2 saturated carbocycles. The number of alkyl halides is 9. The molecule has 1 unspecified atom stereocenters. The predicted molar refractivity (Wildman–Crippen MR) is 88.0 cm³/mol. The number of hydrogen-bond acceptors (Lipinski definition) is 2. The first-order chi connectivity index (χ1) is 13.7. The maximum Gasteiger partial charge on any atom is 0.428 e. The molecule has 3 aliphatic rings. The number of halogens is 9. The Labute approximate surface area is 167 Å². The number of amidine groups is 1. The van der Waals surface area contributed by atoms with Crippen LogP contribution < -0.4 is 0 Å². The maximum absolute atomic E-state index is 14.9. The number of hydrogen-bond donors (Lipinski definition) is 1. The molecule has 174 valence electrons. The van der Waals surface area contributed by atoms with Crippen molar-refractivity contribution in [2.24, 2.45) is 0 Å². The molecule has 30 heavy (non-hydrogen) atoms. The van der Waals surface area contributed by atoms with Crippen LogP contribution in [0.4, 0.5) is 39.5 Å². The fourth-order valence-electron chi connectivity index (χ4n) is 4.65. The summed E-state index contributed by atoms with van der Waals surface area (Å²) in [6.45, 7) is 0. The highest BCUT2D eigenvalue weighted by atomic mass is 19.4. The summed E-state index contributed by atoms with van der Waals surface area (Å²) in [4.78, 5) is 0.799. The second kappa shape index (κ2) is 7.44. The Morgan fingerprint density at radius 3 is 1.47 bits per heavy atom. The van der Waals surface area contributed by atoms with Gasteiger partial charge in [-0.15, -0.1) is 0 Å². The Kier molecular flexibility index (Phi) is 5.82. The highest BCUT2D eigenvalue weighted by molar-refractivity contribution is 5.88. The molecule has 3 fully saturated rings. The van der Waals surface area contributed by atoms with Gasteiger partial charge in [-0.1, -0.05) is 38.5 Å². The summed E-state index contributed by atoms with van der Waals surface area (Å²) in [5.41, 5.74) is 0. The Morgan fingerprint density at radius 1 is 0.733 bits per heavy atom. The summed E-state index contributed by atoms with van der Waals surface area (Å²) in [6, 6.07) is -1.44. The molecule has 3 rings (SSSR count). The lowest BCUT2D eigenvalue weighted by Gasteiger charge is -2.46. The Bertz CT molecular complexity index is 642. The smallest absolute Gasteiger partial charge is 0.349 e. The fourth-order valence-corrected chi connectivity index (χ4v) is 4.65. The molecule has 1 N–H and O–H groups in total. The van der Waals surface area contributed by atoms with E-state index in [0.29, 0.717) is 51.4 Å². The third-order valence-electron chi connectivity index (χ3n) is 6.33. The maximum atomic E-state index is 14.9. The SMILES string of the molecule is N=C(N(C1CCCCC1)C1CCCCC1)C(F)(F)C1(F)OC(F)(F)C(F)(F)C1(F)F. The minimum Gasteiger partial charge on any atom is -0.349 e. The van der Waals surface area contributed by atoms with Gasteiger partial charge in [0.1, 0.15) is 0 Å². The summed E-state index contributed by atoms with van der Waals surface area (Å²) >= 11 is 0. The van der Waals surface area contributed by atoms with Gasteiger partial charge in [0.25, 0.3) is 0 Å². The van der Waals surface area contributed by atoms with Crippen molar-refractivity contribution in [3.05, 3.63) is 0 Å². The van der Waals surface area contributed by atoms with Gasteiger partial charge < -0.3 is 4.90 Å². The summed E-state index contributed by atoms with van der Waals surface area (Å²) in [5, 5.41) is 7.88. The van der Waals surface area contributed by atoms with Crippen LogP contribution in [-0.2, 0) is 4.74 Å². The second-order valence-electron chi connectivity index (χ2n) is 8.28. The van der Waals surface area contributed by atoms with Crippen LogP contribution in [0.15, 0.2) is 0 Å². The molecule has 0 aromatic carbocycles. The van der Waals surface area contributed by atoms with E-state index >= 15 is 0 Å². The predicted octanol–water partition coefficient (Wildman–Crippen LogP) is 6.13. The molecule has 12 heteroatoms. The summed E-state index contributed by atoms with van der Waals surface area (Å²) in [5.74, 6) is -26.9. The van der Waals surface area contributed by atoms with Crippen LogP contribution >= 0.6 is 0 Å². The van der Waals surface area contributed by atoms with E-state index in [1.807, 2.05) is 0 Å². The third kappa shape index (κ3) is 3.19. The first kappa shape index (κ1) is 23.5. The molecule has 1 heterocycles. The molecular weight excluding hydrogens is 431 g/mol. The summed E-state index contributed by atoms with van der Waals surface area (Å²) < 4.78 is 129. The van der Waals surface area contributed by atoms with Crippen LogP contribution in [0.5, 0.6) is 0 Å². The zero-order valence-electron chi connectivity index (χ0n) is 16.0. The van der Waals surface area contributed by atoms with Crippen LogP contribution in [0.1, 0.15) is 64.2 Å². The minimum absolute atomic E-state index is 0.317. The zero-order chi connectivity index (χ0) is 22.6. The van der Waals surface area contributed by atoms with E-state index < -0.39 is 47.7 Å².